The Morgan fingerprint density at radius 1 is 1.13 bits per heavy atom. The Hall–Kier alpha value is -4.78. The highest BCUT2D eigenvalue weighted by molar-refractivity contribution is 5.96. The second-order valence-corrected chi connectivity index (χ2v) is 9.11. The van der Waals surface area contributed by atoms with Gasteiger partial charge in [-0.25, -0.2) is 9.37 Å². The summed E-state index contributed by atoms with van der Waals surface area (Å²) < 4.78 is 13.9. The molecule has 0 saturated carbocycles. The molecule has 0 aliphatic heterocycles. The molecule has 0 fully saturated rings. The second kappa shape index (κ2) is 10.7. The van der Waals surface area contributed by atoms with Gasteiger partial charge in [0, 0.05) is 34.3 Å². The summed E-state index contributed by atoms with van der Waals surface area (Å²) in [6.07, 6.45) is 11.2. The lowest BCUT2D eigenvalue weighted by Gasteiger charge is -2.09. The summed E-state index contributed by atoms with van der Waals surface area (Å²) in [7, 11) is 0. The molecule has 3 N–H and O–H groups in total. The van der Waals surface area contributed by atoms with E-state index in [-0.39, 0.29) is 5.82 Å². The highest BCUT2D eigenvalue weighted by Gasteiger charge is 2.14. The Balaban J connectivity index is 1.56. The lowest BCUT2D eigenvalue weighted by atomic mass is 10.0. The van der Waals surface area contributed by atoms with E-state index in [0.717, 1.165) is 73.8 Å². The van der Waals surface area contributed by atoms with Crippen LogP contribution in [-0.4, -0.2) is 25.1 Å². The van der Waals surface area contributed by atoms with Crippen molar-refractivity contribution in [1.29, 1.82) is 0 Å². The number of rotatable bonds is 8. The molecule has 4 heterocycles. The van der Waals surface area contributed by atoms with Gasteiger partial charge in [-0.05, 0) is 66.5 Å². The molecule has 0 atom stereocenters. The van der Waals surface area contributed by atoms with Crippen molar-refractivity contribution < 1.29 is 4.39 Å². The van der Waals surface area contributed by atoms with E-state index in [9.17, 15) is 4.39 Å². The van der Waals surface area contributed by atoms with E-state index in [1.165, 1.54) is 12.1 Å². The molecule has 5 aromatic rings. The maximum Gasteiger partial charge on any atom is 0.138 e. The quantitative estimate of drug-likeness (QED) is 0.236. The average Bonchev–Trinajstić information content (AvgIpc) is 3.52. The van der Waals surface area contributed by atoms with Gasteiger partial charge in [-0.1, -0.05) is 44.7 Å². The topological polar surface area (TPSA) is 82.3 Å². The van der Waals surface area contributed by atoms with Gasteiger partial charge in [-0.15, -0.1) is 0 Å². The lowest BCUT2D eigenvalue weighted by molar-refractivity contribution is 0.628. The number of allylic oxidation sites excluding steroid dienone is 2. The molecular formula is C31H29FN6. The zero-order valence-corrected chi connectivity index (χ0v) is 21.5. The number of nitrogens with one attached hydrogen (secondary N) is 3. The van der Waals surface area contributed by atoms with Crippen molar-refractivity contribution in [2.24, 2.45) is 0 Å². The normalized spacial score (nSPS) is 12.3. The van der Waals surface area contributed by atoms with Crippen LogP contribution in [0.1, 0.15) is 32.3 Å². The molecule has 0 spiro atoms. The maximum atomic E-state index is 13.9. The molecule has 0 aliphatic rings. The smallest absolute Gasteiger partial charge is 0.138 e. The highest BCUT2D eigenvalue weighted by atomic mass is 19.1. The third kappa shape index (κ3) is 5.04. The van der Waals surface area contributed by atoms with Crippen LogP contribution in [0.15, 0.2) is 79.9 Å². The molecule has 0 radical (unpaired) electrons. The fraction of sp³-hybridized carbons (Fsp3) is 0.129. The van der Waals surface area contributed by atoms with Gasteiger partial charge in [-0.3, -0.25) is 10.1 Å². The summed E-state index contributed by atoms with van der Waals surface area (Å²) in [5.41, 5.74) is 7.42. The van der Waals surface area contributed by atoms with Crippen molar-refractivity contribution in [2.75, 3.05) is 5.32 Å². The van der Waals surface area contributed by atoms with Crippen molar-refractivity contribution in [3.8, 4) is 22.5 Å². The number of pyridine rings is 2. The van der Waals surface area contributed by atoms with Crippen LogP contribution in [0.5, 0.6) is 0 Å². The molecule has 0 unspecified atom stereocenters. The first-order valence-corrected chi connectivity index (χ1v) is 12.5. The zero-order valence-electron chi connectivity index (χ0n) is 21.5. The number of fused-ring (bicyclic) bond motifs is 1. The first-order chi connectivity index (χ1) is 18.5. The van der Waals surface area contributed by atoms with Gasteiger partial charge in [0.15, 0.2) is 0 Å². The molecular weight excluding hydrogens is 475 g/mol. The van der Waals surface area contributed by atoms with Crippen LogP contribution in [0, 0.1) is 5.82 Å². The monoisotopic (exact) mass is 504 g/mol. The summed E-state index contributed by atoms with van der Waals surface area (Å²) in [6, 6.07) is 12.5. The van der Waals surface area contributed by atoms with Crippen LogP contribution in [0.4, 0.5) is 10.1 Å². The second-order valence-electron chi connectivity index (χ2n) is 9.11. The Kier molecular flexibility index (Phi) is 7.00. The Morgan fingerprint density at radius 3 is 2.79 bits per heavy atom. The van der Waals surface area contributed by atoms with E-state index in [1.54, 1.807) is 24.7 Å². The van der Waals surface area contributed by atoms with Crippen molar-refractivity contribution in [3.63, 3.8) is 0 Å². The fourth-order valence-electron chi connectivity index (χ4n) is 4.51. The van der Waals surface area contributed by atoms with Crippen LogP contribution >= 0.6 is 0 Å². The van der Waals surface area contributed by atoms with Crippen molar-refractivity contribution >= 4 is 34.4 Å². The van der Waals surface area contributed by atoms with E-state index >= 15 is 0 Å². The Labute approximate surface area is 220 Å². The maximum absolute atomic E-state index is 13.9. The van der Waals surface area contributed by atoms with E-state index in [4.69, 9.17) is 0 Å². The molecule has 7 heteroatoms. The van der Waals surface area contributed by atoms with Gasteiger partial charge in [0.25, 0.3) is 0 Å². The average molecular weight is 505 g/mol. The van der Waals surface area contributed by atoms with Crippen LogP contribution in [-0.2, 0) is 0 Å². The summed E-state index contributed by atoms with van der Waals surface area (Å²) in [6.45, 7) is 12.5. The molecule has 0 bridgehead atoms. The largest absolute Gasteiger partial charge is 0.358 e. The third-order valence-corrected chi connectivity index (χ3v) is 6.35. The molecule has 6 nitrogen and oxygen atoms in total. The summed E-state index contributed by atoms with van der Waals surface area (Å²) in [5.74, 6) is -0.280. The minimum Gasteiger partial charge on any atom is -0.358 e. The fourth-order valence-corrected chi connectivity index (χ4v) is 4.51. The zero-order chi connectivity index (χ0) is 26.6. The van der Waals surface area contributed by atoms with Crippen LogP contribution < -0.4 is 15.9 Å². The SMILES string of the molecule is C=C(CCC)Nc1cncc(C(=C)/C=c2/c(-c3cc4c(-c5cccc(F)c5)ccnc4[nH]3)n[nH]/c2=C/C)c1. The van der Waals surface area contributed by atoms with Crippen molar-refractivity contribution in [3.05, 3.63) is 102 Å². The lowest BCUT2D eigenvalue weighted by Crippen LogP contribution is -2.23. The minimum absolute atomic E-state index is 0.280. The van der Waals surface area contributed by atoms with Gasteiger partial charge in [0.05, 0.1) is 22.9 Å². The number of benzene rings is 1. The molecule has 38 heavy (non-hydrogen) atoms. The number of aromatic nitrogens is 5. The highest BCUT2D eigenvalue weighted by Crippen LogP contribution is 2.30. The van der Waals surface area contributed by atoms with Crippen LogP contribution in [0.25, 0.3) is 51.3 Å². The number of halogens is 1. The predicted octanol–water partition coefficient (Wildman–Crippen LogP) is 6.17. The number of hydrogen-bond acceptors (Lipinski definition) is 4. The molecule has 0 saturated heterocycles. The molecule has 190 valence electrons. The van der Waals surface area contributed by atoms with E-state index in [0.29, 0.717) is 5.65 Å². The van der Waals surface area contributed by atoms with E-state index in [2.05, 4.69) is 50.5 Å². The Morgan fingerprint density at radius 2 is 2.00 bits per heavy atom. The van der Waals surface area contributed by atoms with Crippen molar-refractivity contribution in [2.45, 2.75) is 26.7 Å². The molecule has 0 aliphatic carbocycles. The summed E-state index contributed by atoms with van der Waals surface area (Å²) >= 11 is 0. The first-order valence-electron chi connectivity index (χ1n) is 12.5. The number of aromatic amines is 2. The number of anilines is 1. The predicted molar refractivity (Wildman–Crippen MR) is 154 cm³/mol. The van der Waals surface area contributed by atoms with Gasteiger partial charge in [-0.2, -0.15) is 5.10 Å². The first kappa shape index (κ1) is 24.9. The molecule has 1 aromatic carbocycles. The standard InChI is InChI=1S/C31H29FN6/c1-5-8-20(4)35-24-15-22(17-33-18-24)19(3)13-27-28(6-2)37-38-30(27)29-16-26-25(11-12-34-31(26)36-29)21-9-7-10-23(32)14-21/h6-7,9-18,35,37H,3-5,8H2,1-2H3,(H,34,36)/b27-13+,28-6+. The molecule has 5 rings (SSSR count). The number of hydrogen-bond donors (Lipinski definition) is 3. The van der Waals surface area contributed by atoms with E-state index < -0.39 is 0 Å². The minimum atomic E-state index is -0.280. The van der Waals surface area contributed by atoms with Gasteiger partial charge < -0.3 is 10.3 Å². The van der Waals surface area contributed by atoms with Gasteiger partial charge in [0.2, 0.25) is 0 Å². The summed E-state index contributed by atoms with van der Waals surface area (Å²) in [5, 5.41) is 13.7. The van der Waals surface area contributed by atoms with Crippen LogP contribution in [0.3, 0.4) is 0 Å². The number of nitrogens with zero attached hydrogens (tertiary/aromatic N) is 3. The van der Waals surface area contributed by atoms with E-state index in [1.807, 2.05) is 43.3 Å². The Bertz CT molecular complexity index is 1780. The molecule has 4 aromatic heterocycles. The van der Waals surface area contributed by atoms with Crippen molar-refractivity contribution in [1.82, 2.24) is 25.1 Å². The van der Waals surface area contributed by atoms with Crippen LogP contribution in [0.2, 0.25) is 0 Å². The molecule has 0 amide bonds. The third-order valence-electron chi connectivity index (χ3n) is 6.35. The van der Waals surface area contributed by atoms with Gasteiger partial charge >= 0.3 is 0 Å². The number of H-pyrrole nitrogens is 2. The summed E-state index contributed by atoms with van der Waals surface area (Å²) in [4.78, 5) is 12.3. The van der Waals surface area contributed by atoms with Gasteiger partial charge in [0.1, 0.15) is 17.2 Å².